The minimum Gasteiger partial charge on any atom is -0.395 e. The number of hydrogen-bond acceptors (Lipinski definition) is 2. The third-order valence-electron chi connectivity index (χ3n) is 2.98. The van der Waals surface area contributed by atoms with Gasteiger partial charge < -0.3 is 15.3 Å². The Morgan fingerprint density at radius 3 is 2.78 bits per heavy atom. The van der Waals surface area contributed by atoms with Crippen molar-refractivity contribution in [1.82, 2.24) is 10.2 Å². The zero-order valence-corrected chi connectivity index (χ0v) is 10.9. The van der Waals surface area contributed by atoms with E-state index >= 15 is 0 Å². The normalized spacial score (nSPS) is 14.3. The lowest BCUT2D eigenvalue weighted by molar-refractivity contribution is 0.173. The number of halogens is 1. The summed E-state index contributed by atoms with van der Waals surface area (Å²) < 4.78 is 0. The molecule has 0 radical (unpaired) electrons. The van der Waals surface area contributed by atoms with Crippen LogP contribution in [0.1, 0.15) is 18.4 Å². The molecular weight excluding hydrogens is 252 g/mol. The highest BCUT2D eigenvalue weighted by Crippen LogP contribution is 2.26. The Morgan fingerprint density at radius 1 is 1.44 bits per heavy atom. The fourth-order valence-electron chi connectivity index (χ4n) is 1.86. The van der Waals surface area contributed by atoms with Crippen molar-refractivity contribution < 1.29 is 9.90 Å². The summed E-state index contributed by atoms with van der Waals surface area (Å²) in [6.07, 6.45) is 2.05. The zero-order chi connectivity index (χ0) is 13.0. The summed E-state index contributed by atoms with van der Waals surface area (Å²) in [5.74, 6) is 0. The fourth-order valence-corrected chi connectivity index (χ4v) is 2.06. The first kappa shape index (κ1) is 13.2. The van der Waals surface area contributed by atoms with E-state index in [2.05, 4.69) is 5.32 Å². The highest BCUT2D eigenvalue weighted by molar-refractivity contribution is 6.31. The molecule has 1 saturated carbocycles. The number of amides is 2. The number of nitrogens with zero attached hydrogens (tertiary/aromatic N) is 1. The van der Waals surface area contributed by atoms with Gasteiger partial charge in [0, 0.05) is 24.2 Å². The SMILES string of the molecule is O=C(NCc1ccccc1Cl)N(CCO)C1CC1. The molecule has 98 valence electrons. The Kier molecular flexibility index (Phi) is 4.44. The smallest absolute Gasteiger partial charge is 0.317 e. The maximum Gasteiger partial charge on any atom is 0.317 e. The first-order valence-electron chi connectivity index (χ1n) is 6.11. The molecule has 0 atom stereocenters. The van der Waals surface area contributed by atoms with E-state index in [-0.39, 0.29) is 12.6 Å². The van der Waals surface area contributed by atoms with Gasteiger partial charge in [-0.1, -0.05) is 29.8 Å². The standard InChI is InChI=1S/C13H17ClN2O2/c14-12-4-2-1-3-10(12)9-15-13(18)16(7-8-17)11-5-6-11/h1-4,11,17H,5-9H2,(H,15,18). The molecule has 1 aliphatic carbocycles. The number of carbonyl (C=O) groups excluding carboxylic acids is 1. The van der Waals surface area contributed by atoms with E-state index in [1.54, 1.807) is 11.0 Å². The molecule has 2 amide bonds. The fraction of sp³-hybridized carbons (Fsp3) is 0.462. The molecule has 0 spiro atoms. The second kappa shape index (κ2) is 6.07. The number of carbonyl (C=O) groups is 1. The zero-order valence-electron chi connectivity index (χ0n) is 10.1. The number of aliphatic hydroxyl groups excluding tert-OH is 1. The van der Waals surface area contributed by atoms with Crippen molar-refractivity contribution in [2.75, 3.05) is 13.2 Å². The first-order valence-corrected chi connectivity index (χ1v) is 6.49. The van der Waals surface area contributed by atoms with Gasteiger partial charge in [0.15, 0.2) is 0 Å². The minimum absolute atomic E-state index is 0.00396. The van der Waals surface area contributed by atoms with Crippen LogP contribution in [0, 0.1) is 0 Å². The summed E-state index contributed by atoms with van der Waals surface area (Å²) in [6, 6.07) is 7.59. The number of hydrogen-bond donors (Lipinski definition) is 2. The average Bonchev–Trinajstić information content (AvgIpc) is 3.19. The molecule has 0 saturated heterocycles. The van der Waals surface area contributed by atoms with Crippen molar-refractivity contribution >= 4 is 17.6 Å². The second-order valence-electron chi connectivity index (χ2n) is 4.40. The van der Waals surface area contributed by atoms with Crippen molar-refractivity contribution in [3.05, 3.63) is 34.9 Å². The van der Waals surface area contributed by atoms with E-state index in [1.165, 1.54) is 0 Å². The number of benzene rings is 1. The summed E-state index contributed by atoms with van der Waals surface area (Å²) in [4.78, 5) is 13.7. The van der Waals surface area contributed by atoms with Crippen LogP contribution in [0.25, 0.3) is 0 Å². The molecule has 4 nitrogen and oxygen atoms in total. The average molecular weight is 269 g/mol. The predicted molar refractivity (Wildman–Crippen MR) is 70.5 cm³/mol. The largest absolute Gasteiger partial charge is 0.395 e. The molecule has 0 aromatic heterocycles. The van der Waals surface area contributed by atoms with E-state index in [0.29, 0.717) is 24.2 Å². The van der Waals surface area contributed by atoms with Gasteiger partial charge in [0.1, 0.15) is 0 Å². The van der Waals surface area contributed by atoms with E-state index in [9.17, 15) is 4.79 Å². The van der Waals surface area contributed by atoms with E-state index in [0.717, 1.165) is 18.4 Å². The van der Waals surface area contributed by atoms with Gasteiger partial charge in [-0.05, 0) is 24.5 Å². The van der Waals surface area contributed by atoms with Gasteiger partial charge >= 0.3 is 6.03 Å². The first-order chi connectivity index (χ1) is 8.72. The number of rotatable bonds is 5. The molecule has 2 rings (SSSR count). The molecule has 2 N–H and O–H groups in total. The lowest BCUT2D eigenvalue weighted by Gasteiger charge is -2.21. The van der Waals surface area contributed by atoms with Crippen LogP contribution in [0.5, 0.6) is 0 Å². The van der Waals surface area contributed by atoms with Crippen LogP contribution < -0.4 is 5.32 Å². The molecule has 0 bridgehead atoms. The van der Waals surface area contributed by atoms with E-state index in [4.69, 9.17) is 16.7 Å². The molecular formula is C13H17ClN2O2. The molecule has 5 heteroatoms. The molecule has 1 fully saturated rings. The summed E-state index contributed by atoms with van der Waals surface area (Å²) in [7, 11) is 0. The molecule has 1 aromatic rings. The summed E-state index contributed by atoms with van der Waals surface area (Å²) >= 11 is 6.02. The van der Waals surface area contributed by atoms with Gasteiger partial charge in [-0.15, -0.1) is 0 Å². The van der Waals surface area contributed by atoms with Crippen LogP contribution in [-0.2, 0) is 6.54 Å². The highest BCUT2D eigenvalue weighted by Gasteiger charge is 2.31. The minimum atomic E-state index is -0.133. The Bertz CT molecular complexity index is 421. The van der Waals surface area contributed by atoms with Crippen molar-refractivity contribution in [2.45, 2.75) is 25.4 Å². The number of aliphatic hydroxyl groups is 1. The van der Waals surface area contributed by atoms with Gasteiger partial charge in [-0.3, -0.25) is 0 Å². The van der Waals surface area contributed by atoms with Gasteiger partial charge in [-0.2, -0.15) is 0 Å². The lowest BCUT2D eigenvalue weighted by Crippen LogP contribution is -2.42. The van der Waals surface area contributed by atoms with Gasteiger partial charge in [0.2, 0.25) is 0 Å². The maximum absolute atomic E-state index is 12.0. The van der Waals surface area contributed by atoms with E-state index in [1.807, 2.05) is 18.2 Å². The highest BCUT2D eigenvalue weighted by atomic mass is 35.5. The van der Waals surface area contributed by atoms with Gasteiger partial charge in [0.25, 0.3) is 0 Å². The van der Waals surface area contributed by atoms with Gasteiger partial charge in [-0.25, -0.2) is 4.79 Å². The number of urea groups is 1. The summed E-state index contributed by atoms with van der Waals surface area (Å²) in [6.45, 7) is 0.794. The van der Waals surface area contributed by atoms with Crippen molar-refractivity contribution in [3.63, 3.8) is 0 Å². The Hall–Kier alpha value is -1.26. The topological polar surface area (TPSA) is 52.6 Å². The Morgan fingerprint density at radius 2 is 2.17 bits per heavy atom. The lowest BCUT2D eigenvalue weighted by atomic mass is 10.2. The van der Waals surface area contributed by atoms with Crippen LogP contribution in [0.3, 0.4) is 0 Å². The molecule has 0 aliphatic heterocycles. The molecule has 0 heterocycles. The maximum atomic E-state index is 12.0. The third-order valence-corrected chi connectivity index (χ3v) is 3.35. The van der Waals surface area contributed by atoms with E-state index < -0.39 is 0 Å². The molecule has 18 heavy (non-hydrogen) atoms. The molecule has 0 unspecified atom stereocenters. The van der Waals surface area contributed by atoms with Crippen molar-refractivity contribution in [2.24, 2.45) is 0 Å². The van der Waals surface area contributed by atoms with Gasteiger partial charge in [0.05, 0.1) is 6.61 Å². The number of nitrogens with one attached hydrogen (secondary N) is 1. The third kappa shape index (κ3) is 3.37. The summed E-state index contributed by atoms with van der Waals surface area (Å²) in [5, 5.41) is 12.4. The quantitative estimate of drug-likeness (QED) is 0.858. The van der Waals surface area contributed by atoms with Crippen molar-refractivity contribution in [1.29, 1.82) is 0 Å². The van der Waals surface area contributed by atoms with Crippen LogP contribution >= 0.6 is 11.6 Å². The second-order valence-corrected chi connectivity index (χ2v) is 4.81. The summed E-state index contributed by atoms with van der Waals surface area (Å²) in [5.41, 5.74) is 0.896. The Labute approximate surface area is 112 Å². The van der Waals surface area contributed by atoms with Crippen LogP contribution in [-0.4, -0.2) is 35.2 Å². The van der Waals surface area contributed by atoms with Crippen LogP contribution in [0.2, 0.25) is 5.02 Å². The van der Waals surface area contributed by atoms with Crippen LogP contribution in [0.15, 0.2) is 24.3 Å². The Balaban J connectivity index is 1.89. The van der Waals surface area contributed by atoms with Crippen LogP contribution in [0.4, 0.5) is 4.79 Å². The molecule has 1 aliphatic rings. The molecule has 1 aromatic carbocycles. The predicted octanol–water partition coefficient (Wildman–Crippen LogP) is 2.01. The monoisotopic (exact) mass is 268 g/mol. The van der Waals surface area contributed by atoms with Crippen molar-refractivity contribution in [3.8, 4) is 0 Å².